The molecule has 1 fully saturated rings. The number of aliphatic carboxylic acids is 1. The van der Waals surface area contributed by atoms with Crippen LogP contribution in [0.3, 0.4) is 0 Å². The Morgan fingerprint density at radius 1 is 1.06 bits per heavy atom. The van der Waals surface area contributed by atoms with Gasteiger partial charge in [0.25, 0.3) is 11.8 Å². The number of barbiturate groups is 1. The molecule has 10 nitrogen and oxygen atoms in total. The number of benzene rings is 2. The molecule has 2 N–H and O–H groups in total. The zero-order valence-corrected chi connectivity index (χ0v) is 18.7. The number of methoxy groups -OCH3 is 1. The van der Waals surface area contributed by atoms with Gasteiger partial charge in [0.1, 0.15) is 11.3 Å². The van der Waals surface area contributed by atoms with Crippen molar-refractivity contribution in [3.63, 3.8) is 0 Å². The highest BCUT2D eigenvalue weighted by molar-refractivity contribution is 6.30. The number of amides is 4. The molecule has 0 saturated carbocycles. The first-order chi connectivity index (χ1) is 16.3. The van der Waals surface area contributed by atoms with E-state index in [0.717, 1.165) is 11.3 Å². The second-order valence-corrected chi connectivity index (χ2v) is 7.29. The second kappa shape index (κ2) is 11.0. The molecule has 2 aromatic carbocycles. The molecule has 1 heterocycles. The zero-order chi connectivity index (χ0) is 24.7. The molecule has 0 radical (unpaired) electrons. The minimum absolute atomic E-state index is 0.0817. The molecule has 3 rings (SSSR count). The SMILES string of the molecule is CCCOc1ccc(CN2C(=O)NC(=O)/C(=C\c3ccc(OCC(=O)O)cc3)C2=O)cc1OC. The van der Waals surface area contributed by atoms with E-state index in [1.807, 2.05) is 6.92 Å². The van der Waals surface area contributed by atoms with Crippen molar-refractivity contribution in [2.24, 2.45) is 0 Å². The number of hydrogen-bond acceptors (Lipinski definition) is 7. The molecular weight excluding hydrogens is 444 g/mol. The number of nitrogens with one attached hydrogen (secondary N) is 1. The van der Waals surface area contributed by atoms with Crippen LogP contribution in [0.25, 0.3) is 6.08 Å². The lowest BCUT2D eigenvalue weighted by molar-refractivity contribution is -0.139. The highest BCUT2D eigenvalue weighted by Gasteiger charge is 2.35. The Morgan fingerprint density at radius 2 is 1.79 bits per heavy atom. The summed E-state index contributed by atoms with van der Waals surface area (Å²) in [7, 11) is 1.49. The van der Waals surface area contributed by atoms with E-state index >= 15 is 0 Å². The molecule has 178 valence electrons. The second-order valence-electron chi connectivity index (χ2n) is 7.29. The molecule has 1 aliphatic heterocycles. The highest BCUT2D eigenvalue weighted by atomic mass is 16.5. The lowest BCUT2D eigenvalue weighted by Crippen LogP contribution is -2.53. The molecule has 0 atom stereocenters. The average Bonchev–Trinajstić information content (AvgIpc) is 2.82. The fourth-order valence-corrected chi connectivity index (χ4v) is 3.13. The molecule has 34 heavy (non-hydrogen) atoms. The van der Waals surface area contributed by atoms with E-state index in [0.29, 0.717) is 35.0 Å². The molecule has 1 aliphatic rings. The van der Waals surface area contributed by atoms with Crippen molar-refractivity contribution >= 4 is 29.9 Å². The smallest absolute Gasteiger partial charge is 0.341 e. The van der Waals surface area contributed by atoms with Crippen LogP contribution in [-0.4, -0.2) is 54.1 Å². The number of hydrogen-bond donors (Lipinski definition) is 2. The van der Waals surface area contributed by atoms with E-state index in [1.54, 1.807) is 30.3 Å². The van der Waals surface area contributed by atoms with Crippen LogP contribution >= 0.6 is 0 Å². The van der Waals surface area contributed by atoms with E-state index in [4.69, 9.17) is 19.3 Å². The van der Waals surface area contributed by atoms with Crippen LogP contribution in [0.5, 0.6) is 17.2 Å². The minimum atomic E-state index is -1.11. The number of carbonyl (C=O) groups is 4. The van der Waals surface area contributed by atoms with E-state index in [2.05, 4.69) is 5.32 Å². The Hall–Kier alpha value is -4.34. The van der Waals surface area contributed by atoms with Crippen LogP contribution in [0.4, 0.5) is 4.79 Å². The van der Waals surface area contributed by atoms with Gasteiger partial charge in [-0.1, -0.05) is 25.1 Å². The summed E-state index contributed by atoms with van der Waals surface area (Å²) in [5.74, 6) is -1.33. The predicted molar refractivity (Wildman–Crippen MR) is 120 cm³/mol. The molecule has 0 spiro atoms. The van der Waals surface area contributed by atoms with E-state index in [1.165, 1.54) is 25.3 Å². The summed E-state index contributed by atoms with van der Waals surface area (Å²) in [5.41, 5.74) is 0.890. The molecular formula is C24H24N2O8. The summed E-state index contributed by atoms with van der Waals surface area (Å²) < 4.78 is 16.0. The van der Waals surface area contributed by atoms with Crippen molar-refractivity contribution in [2.45, 2.75) is 19.9 Å². The maximum Gasteiger partial charge on any atom is 0.341 e. The maximum absolute atomic E-state index is 13.0. The number of carboxylic acids is 1. The summed E-state index contributed by atoms with van der Waals surface area (Å²) in [5, 5.41) is 10.8. The monoisotopic (exact) mass is 468 g/mol. The number of ether oxygens (including phenoxy) is 3. The van der Waals surface area contributed by atoms with Crippen molar-refractivity contribution in [1.29, 1.82) is 0 Å². The van der Waals surface area contributed by atoms with Gasteiger partial charge in [-0.25, -0.2) is 9.59 Å². The molecule has 0 aromatic heterocycles. The van der Waals surface area contributed by atoms with Crippen LogP contribution < -0.4 is 19.5 Å². The molecule has 0 bridgehead atoms. The summed E-state index contributed by atoms with van der Waals surface area (Å²) in [6, 6.07) is 10.4. The first kappa shape index (κ1) is 24.3. The van der Waals surface area contributed by atoms with Gasteiger partial charge in [0, 0.05) is 0 Å². The lowest BCUT2D eigenvalue weighted by Gasteiger charge is -2.26. The van der Waals surface area contributed by atoms with Gasteiger partial charge in [-0.3, -0.25) is 19.8 Å². The summed E-state index contributed by atoms with van der Waals surface area (Å²) in [6.45, 7) is 1.93. The van der Waals surface area contributed by atoms with E-state index < -0.39 is 30.4 Å². The number of imide groups is 2. The topological polar surface area (TPSA) is 131 Å². The van der Waals surface area contributed by atoms with Gasteiger partial charge >= 0.3 is 12.0 Å². The molecule has 0 aliphatic carbocycles. The van der Waals surface area contributed by atoms with Crippen molar-refractivity contribution in [1.82, 2.24) is 10.2 Å². The quantitative estimate of drug-likeness (QED) is 0.402. The average molecular weight is 468 g/mol. The number of rotatable bonds is 10. The third-order valence-corrected chi connectivity index (χ3v) is 4.77. The van der Waals surface area contributed by atoms with Crippen LogP contribution in [0.1, 0.15) is 24.5 Å². The van der Waals surface area contributed by atoms with Gasteiger partial charge < -0.3 is 19.3 Å². The number of carboxylic acid groups (broad SMARTS) is 1. The maximum atomic E-state index is 13.0. The minimum Gasteiger partial charge on any atom is -0.493 e. The van der Waals surface area contributed by atoms with Crippen LogP contribution in [0.15, 0.2) is 48.0 Å². The number of urea groups is 1. The Bertz CT molecular complexity index is 1120. The van der Waals surface area contributed by atoms with Crippen molar-refractivity contribution < 1.29 is 38.5 Å². The van der Waals surface area contributed by atoms with Crippen LogP contribution in [0, 0.1) is 0 Å². The lowest BCUT2D eigenvalue weighted by atomic mass is 10.1. The zero-order valence-electron chi connectivity index (χ0n) is 18.7. The fraction of sp³-hybridized carbons (Fsp3) is 0.250. The van der Waals surface area contributed by atoms with Crippen molar-refractivity contribution in [2.75, 3.05) is 20.3 Å². The Morgan fingerprint density at radius 3 is 2.44 bits per heavy atom. The normalized spacial score (nSPS) is 14.7. The fourth-order valence-electron chi connectivity index (χ4n) is 3.13. The van der Waals surface area contributed by atoms with Crippen LogP contribution in [0.2, 0.25) is 0 Å². The van der Waals surface area contributed by atoms with Gasteiger partial charge in [0.05, 0.1) is 20.3 Å². The molecule has 0 unspecified atom stereocenters. The first-order valence-electron chi connectivity index (χ1n) is 10.5. The Balaban J connectivity index is 1.79. The van der Waals surface area contributed by atoms with Gasteiger partial charge in [-0.2, -0.15) is 0 Å². The molecule has 4 amide bonds. The van der Waals surface area contributed by atoms with Gasteiger partial charge in [0.15, 0.2) is 18.1 Å². The third-order valence-electron chi connectivity index (χ3n) is 4.77. The Labute approximate surface area is 195 Å². The number of nitrogens with zero attached hydrogens (tertiary/aromatic N) is 1. The highest BCUT2D eigenvalue weighted by Crippen LogP contribution is 2.29. The van der Waals surface area contributed by atoms with Crippen molar-refractivity contribution in [3.8, 4) is 17.2 Å². The number of carbonyl (C=O) groups excluding carboxylic acids is 3. The van der Waals surface area contributed by atoms with Gasteiger partial charge in [-0.15, -0.1) is 0 Å². The van der Waals surface area contributed by atoms with Crippen LogP contribution in [-0.2, 0) is 20.9 Å². The van der Waals surface area contributed by atoms with Gasteiger partial charge in [-0.05, 0) is 47.9 Å². The summed E-state index contributed by atoms with van der Waals surface area (Å²) in [6.07, 6.45) is 2.18. The molecule has 1 saturated heterocycles. The largest absolute Gasteiger partial charge is 0.493 e. The summed E-state index contributed by atoms with van der Waals surface area (Å²) >= 11 is 0. The van der Waals surface area contributed by atoms with E-state index in [9.17, 15) is 19.2 Å². The molecule has 2 aromatic rings. The standard InChI is InChI=1S/C24H24N2O8/c1-3-10-33-19-9-6-16(12-20(19)32-2)13-26-23(30)18(22(29)25-24(26)31)11-15-4-7-17(8-5-15)34-14-21(27)28/h4-9,11-12H,3,10,13-14H2,1-2H3,(H,27,28)(H,25,29,31)/b18-11+. The Kier molecular flexibility index (Phi) is 7.86. The van der Waals surface area contributed by atoms with Crippen molar-refractivity contribution in [3.05, 3.63) is 59.2 Å². The first-order valence-corrected chi connectivity index (χ1v) is 10.5. The third kappa shape index (κ3) is 5.91. The van der Waals surface area contributed by atoms with Gasteiger partial charge in [0.2, 0.25) is 0 Å². The molecule has 10 heteroatoms. The summed E-state index contributed by atoms with van der Waals surface area (Å²) in [4.78, 5) is 49.2. The van der Waals surface area contributed by atoms with E-state index in [-0.39, 0.29) is 12.1 Å². The predicted octanol–water partition coefficient (Wildman–Crippen LogP) is 2.61.